The summed E-state index contributed by atoms with van der Waals surface area (Å²) in [5.74, 6) is 0.503. The Bertz CT molecular complexity index is 608. The van der Waals surface area contributed by atoms with Crippen molar-refractivity contribution in [2.24, 2.45) is 0 Å². The molecule has 0 saturated heterocycles. The van der Waals surface area contributed by atoms with E-state index >= 15 is 0 Å². The first-order chi connectivity index (χ1) is 9.74. The highest BCUT2D eigenvalue weighted by Gasteiger charge is 2.11. The summed E-state index contributed by atoms with van der Waals surface area (Å²) < 4.78 is 5.16. The van der Waals surface area contributed by atoms with Gasteiger partial charge in [-0.25, -0.2) is 0 Å². The molecule has 2 rings (SSSR count). The molecule has 1 unspecified atom stereocenters. The topological polar surface area (TPSA) is 45.0 Å². The summed E-state index contributed by atoms with van der Waals surface area (Å²) in [6.07, 6.45) is 0. The fraction of sp³-hybridized carbons (Fsp3) is 0.188. The molecule has 2 aromatic rings. The van der Waals surface area contributed by atoms with Crippen LogP contribution in [0.5, 0.6) is 5.75 Å². The zero-order chi connectivity index (χ0) is 14.4. The Hall–Kier alpha value is -2.18. The van der Waals surface area contributed by atoms with Crippen LogP contribution in [0.1, 0.15) is 11.5 Å². The number of halogens is 1. The number of benzene rings is 2. The Morgan fingerprint density at radius 3 is 2.65 bits per heavy atom. The molecular formula is C16H15ClN2O. The van der Waals surface area contributed by atoms with E-state index in [0.29, 0.717) is 11.6 Å². The third kappa shape index (κ3) is 3.43. The van der Waals surface area contributed by atoms with Gasteiger partial charge in [0, 0.05) is 12.6 Å². The van der Waals surface area contributed by atoms with Crippen molar-refractivity contribution < 1.29 is 4.74 Å². The Labute approximate surface area is 123 Å². The van der Waals surface area contributed by atoms with E-state index in [4.69, 9.17) is 16.3 Å². The van der Waals surface area contributed by atoms with Crippen molar-refractivity contribution in [2.45, 2.75) is 5.92 Å². The van der Waals surface area contributed by atoms with E-state index in [2.05, 4.69) is 11.4 Å². The standard InChI is InChI=1S/C16H15ClN2O/c1-20-14-7-8-15(17)16(9-14)19-11-13(10-18)12-5-3-2-4-6-12/h2-9,13,19H,11H2,1H3. The van der Waals surface area contributed by atoms with Crippen molar-refractivity contribution >= 4 is 17.3 Å². The molecule has 0 radical (unpaired) electrons. The second-order valence-electron chi connectivity index (χ2n) is 4.32. The van der Waals surface area contributed by atoms with Crippen LogP contribution in [0.25, 0.3) is 0 Å². The zero-order valence-electron chi connectivity index (χ0n) is 11.1. The fourth-order valence-electron chi connectivity index (χ4n) is 1.90. The van der Waals surface area contributed by atoms with Crippen LogP contribution in [0.4, 0.5) is 5.69 Å². The van der Waals surface area contributed by atoms with Gasteiger partial charge in [0.1, 0.15) is 5.75 Å². The summed E-state index contributed by atoms with van der Waals surface area (Å²) in [7, 11) is 1.61. The van der Waals surface area contributed by atoms with Gasteiger partial charge in [0.15, 0.2) is 0 Å². The lowest BCUT2D eigenvalue weighted by Crippen LogP contribution is -2.11. The highest BCUT2D eigenvalue weighted by molar-refractivity contribution is 6.33. The lowest BCUT2D eigenvalue weighted by Gasteiger charge is -2.13. The monoisotopic (exact) mass is 286 g/mol. The summed E-state index contributed by atoms with van der Waals surface area (Å²) in [5.41, 5.74) is 1.75. The van der Waals surface area contributed by atoms with Crippen LogP contribution in [-0.2, 0) is 0 Å². The van der Waals surface area contributed by atoms with E-state index in [0.717, 1.165) is 17.0 Å². The zero-order valence-corrected chi connectivity index (χ0v) is 11.9. The first-order valence-electron chi connectivity index (χ1n) is 6.26. The van der Waals surface area contributed by atoms with Gasteiger partial charge in [0.2, 0.25) is 0 Å². The quantitative estimate of drug-likeness (QED) is 0.901. The van der Waals surface area contributed by atoms with E-state index in [1.54, 1.807) is 19.2 Å². The largest absolute Gasteiger partial charge is 0.497 e. The van der Waals surface area contributed by atoms with Crippen LogP contribution in [0.2, 0.25) is 5.02 Å². The number of nitrogens with zero attached hydrogens (tertiary/aromatic N) is 1. The normalized spacial score (nSPS) is 11.4. The maximum atomic E-state index is 9.28. The van der Waals surface area contributed by atoms with Gasteiger partial charge in [-0.1, -0.05) is 41.9 Å². The molecule has 0 aliphatic rings. The van der Waals surface area contributed by atoms with Gasteiger partial charge < -0.3 is 10.1 Å². The SMILES string of the molecule is COc1ccc(Cl)c(NCC(C#N)c2ccccc2)c1. The van der Waals surface area contributed by atoms with E-state index in [1.807, 2.05) is 36.4 Å². The molecular weight excluding hydrogens is 272 g/mol. The summed E-state index contributed by atoms with van der Waals surface area (Å²) in [6.45, 7) is 0.493. The van der Waals surface area contributed by atoms with Crippen LogP contribution < -0.4 is 10.1 Å². The Balaban J connectivity index is 2.10. The third-order valence-electron chi connectivity index (χ3n) is 3.03. The van der Waals surface area contributed by atoms with E-state index < -0.39 is 0 Å². The van der Waals surface area contributed by atoms with Gasteiger partial charge in [0.05, 0.1) is 29.8 Å². The number of rotatable bonds is 5. The molecule has 4 heteroatoms. The highest BCUT2D eigenvalue weighted by Crippen LogP contribution is 2.27. The van der Waals surface area contributed by atoms with Gasteiger partial charge in [-0.2, -0.15) is 5.26 Å². The molecule has 0 bridgehead atoms. The van der Waals surface area contributed by atoms with Gasteiger partial charge >= 0.3 is 0 Å². The smallest absolute Gasteiger partial charge is 0.121 e. The third-order valence-corrected chi connectivity index (χ3v) is 3.36. The second kappa shape index (κ2) is 6.83. The number of nitrogens with one attached hydrogen (secondary N) is 1. The number of hydrogen-bond acceptors (Lipinski definition) is 3. The van der Waals surface area contributed by atoms with Crippen molar-refractivity contribution in [1.29, 1.82) is 5.26 Å². The summed E-state index contributed by atoms with van der Waals surface area (Å²) in [6, 6.07) is 17.4. The predicted octanol–water partition coefficient (Wildman–Crippen LogP) is 4.07. The van der Waals surface area contributed by atoms with Gasteiger partial charge in [-0.05, 0) is 17.7 Å². The Morgan fingerprint density at radius 1 is 1.25 bits per heavy atom. The molecule has 20 heavy (non-hydrogen) atoms. The molecule has 0 spiro atoms. The van der Waals surface area contributed by atoms with Crippen LogP contribution in [0, 0.1) is 11.3 Å². The molecule has 2 aromatic carbocycles. The van der Waals surface area contributed by atoms with Crippen LogP contribution in [0.3, 0.4) is 0 Å². The predicted molar refractivity (Wildman–Crippen MR) is 81.3 cm³/mol. The highest BCUT2D eigenvalue weighted by atomic mass is 35.5. The van der Waals surface area contributed by atoms with E-state index in [1.165, 1.54) is 0 Å². The van der Waals surface area contributed by atoms with Crippen molar-refractivity contribution in [1.82, 2.24) is 0 Å². The summed E-state index contributed by atoms with van der Waals surface area (Å²) >= 11 is 6.12. The van der Waals surface area contributed by atoms with Crippen LogP contribution in [0.15, 0.2) is 48.5 Å². The minimum absolute atomic E-state index is 0.224. The van der Waals surface area contributed by atoms with Crippen molar-refractivity contribution in [3.63, 3.8) is 0 Å². The number of hydrogen-bond donors (Lipinski definition) is 1. The minimum atomic E-state index is -0.224. The minimum Gasteiger partial charge on any atom is -0.497 e. The number of nitriles is 1. The molecule has 0 aliphatic heterocycles. The molecule has 1 atom stereocenters. The Kier molecular flexibility index (Phi) is 4.86. The fourth-order valence-corrected chi connectivity index (χ4v) is 2.09. The van der Waals surface area contributed by atoms with Crippen LogP contribution >= 0.6 is 11.6 Å². The number of methoxy groups -OCH3 is 1. The molecule has 0 heterocycles. The maximum Gasteiger partial charge on any atom is 0.121 e. The average molecular weight is 287 g/mol. The maximum absolute atomic E-state index is 9.28. The molecule has 0 amide bonds. The van der Waals surface area contributed by atoms with Crippen LogP contribution in [-0.4, -0.2) is 13.7 Å². The Morgan fingerprint density at radius 2 is 2.00 bits per heavy atom. The van der Waals surface area contributed by atoms with E-state index in [-0.39, 0.29) is 5.92 Å². The number of anilines is 1. The second-order valence-corrected chi connectivity index (χ2v) is 4.73. The van der Waals surface area contributed by atoms with Gasteiger partial charge in [-0.15, -0.1) is 0 Å². The van der Waals surface area contributed by atoms with Crippen molar-refractivity contribution in [3.05, 3.63) is 59.1 Å². The van der Waals surface area contributed by atoms with Gasteiger partial charge in [-0.3, -0.25) is 0 Å². The summed E-state index contributed by atoms with van der Waals surface area (Å²) in [5, 5.41) is 13.1. The van der Waals surface area contributed by atoms with Crippen molar-refractivity contribution in [2.75, 3.05) is 19.0 Å². The first kappa shape index (κ1) is 14.2. The lowest BCUT2D eigenvalue weighted by molar-refractivity contribution is 0.415. The first-order valence-corrected chi connectivity index (χ1v) is 6.64. The molecule has 0 aromatic heterocycles. The van der Waals surface area contributed by atoms with Crippen molar-refractivity contribution in [3.8, 4) is 11.8 Å². The molecule has 0 aliphatic carbocycles. The number of ether oxygens (including phenoxy) is 1. The molecule has 1 N–H and O–H groups in total. The summed E-state index contributed by atoms with van der Waals surface area (Å²) in [4.78, 5) is 0. The molecule has 0 fully saturated rings. The molecule has 0 saturated carbocycles. The van der Waals surface area contributed by atoms with Gasteiger partial charge in [0.25, 0.3) is 0 Å². The van der Waals surface area contributed by atoms with E-state index in [9.17, 15) is 5.26 Å². The average Bonchev–Trinajstić information content (AvgIpc) is 2.50. The lowest BCUT2D eigenvalue weighted by atomic mass is 10.0. The molecule has 102 valence electrons. The molecule has 3 nitrogen and oxygen atoms in total.